The van der Waals surface area contributed by atoms with Crippen LogP contribution in [0.2, 0.25) is 0 Å². The summed E-state index contributed by atoms with van der Waals surface area (Å²) in [5, 5.41) is 0. The standard InChI is InChI=1S/C12H16N2O6/c1-9(15)19-7-5-13-4-3-11(17)14(12(13)18)6-8-20-10(2)16/h3-4H,5-8H2,1-2H3. The fourth-order valence-electron chi connectivity index (χ4n) is 1.50. The van der Waals surface area contributed by atoms with Crippen LogP contribution in [0, 0.1) is 0 Å². The first kappa shape index (κ1) is 15.7. The molecule has 0 aromatic carbocycles. The maximum Gasteiger partial charge on any atom is 0.331 e. The van der Waals surface area contributed by atoms with Crippen molar-refractivity contribution in [1.82, 2.24) is 9.13 Å². The van der Waals surface area contributed by atoms with Crippen molar-refractivity contribution >= 4 is 11.9 Å². The van der Waals surface area contributed by atoms with Crippen molar-refractivity contribution in [3.8, 4) is 0 Å². The second-order valence-electron chi connectivity index (χ2n) is 3.96. The van der Waals surface area contributed by atoms with Crippen LogP contribution in [0.25, 0.3) is 0 Å². The molecule has 0 aliphatic rings. The van der Waals surface area contributed by atoms with Gasteiger partial charge in [-0.3, -0.25) is 23.5 Å². The molecule has 0 saturated carbocycles. The molecular weight excluding hydrogens is 268 g/mol. The molecule has 1 aromatic heterocycles. The number of carbonyl (C=O) groups excluding carboxylic acids is 2. The van der Waals surface area contributed by atoms with E-state index in [9.17, 15) is 19.2 Å². The van der Waals surface area contributed by atoms with Gasteiger partial charge in [0, 0.05) is 26.1 Å². The van der Waals surface area contributed by atoms with Gasteiger partial charge in [-0.05, 0) is 0 Å². The molecule has 0 fully saturated rings. The van der Waals surface area contributed by atoms with Crippen LogP contribution in [-0.2, 0) is 32.2 Å². The molecule has 110 valence electrons. The Bertz CT molecular complexity index is 601. The van der Waals surface area contributed by atoms with Crippen LogP contribution in [0.5, 0.6) is 0 Å². The zero-order valence-corrected chi connectivity index (χ0v) is 11.3. The van der Waals surface area contributed by atoms with E-state index in [1.807, 2.05) is 0 Å². The van der Waals surface area contributed by atoms with E-state index in [1.54, 1.807) is 0 Å². The molecule has 0 spiro atoms. The number of hydrogen-bond acceptors (Lipinski definition) is 6. The molecule has 1 heterocycles. The number of ether oxygens (including phenoxy) is 2. The average Bonchev–Trinajstić information content (AvgIpc) is 2.35. The summed E-state index contributed by atoms with van der Waals surface area (Å²) in [5.41, 5.74) is -1.03. The third-order valence-corrected chi connectivity index (χ3v) is 2.40. The summed E-state index contributed by atoms with van der Waals surface area (Å²) in [7, 11) is 0. The topological polar surface area (TPSA) is 96.6 Å². The first-order valence-electron chi connectivity index (χ1n) is 5.99. The van der Waals surface area contributed by atoms with Crippen LogP contribution in [0.15, 0.2) is 21.9 Å². The predicted octanol–water partition coefficient (Wildman–Crippen LogP) is -0.864. The lowest BCUT2D eigenvalue weighted by atomic mass is 10.5. The van der Waals surface area contributed by atoms with Crippen LogP contribution in [0.1, 0.15) is 13.8 Å². The fourth-order valence-corrected chi connectivity index (χ4v) is 1.50. The van der Waals surface area contributed by atoms with Gasteiger partial charge in [-0.25, -0.2) is 4.79 Å². The highest BCUT2D eigenvalue weighted by atomic mass is 16.5. The van der Waals surface area contributed by atoms with E-state index in [2.05, 4.69) is 0 Å². The van der Waals surface area contributed by atoms with Gasteiger partial charge in [-0.2, -0.15) is 0 Å². The number of carbonyl (C=O) groups is 2. The molecule has 0 amide bonds. The smallest absolute Gasteiger partial charge is 0.331 e. The summed E-state index contributed by atoms with van der Waals surface area (Å²) in [6.07, 6.45) is 1.33. The summed E-state index contributed by atoms with van der Waals surface area (Å²) in [4.78, 5) is 44.8. The number of hydrogen-bond donors (Lipinski definition) is 0. The van der Waals surface area contributed by atoms with E-state index in [-0.39, 0.29) is 26.3 Å². The predicted molar refractivity (Wildman–Crippen MR) is 68.2 cm³/mol. The molecule has 8 nitrogen and oxygen atoms in total. The van der Waals surface area contributed by atoms with E-state index < -0.39 is 23.2 Å². The van der Waals surface area contributed by atoms with Crippen LogP contribution >= 0.6 is 0 Å². The molecule has 8 heteroatoms. The Morgan fingerprint density at radius 1 is 1.05 bits per heavy atom. The maximum absolute atomic E-state index is 12.0. The SMILES string of the molecule is CC(=O)OCCn1ccc(=O)n(CCOC(C)=O)c1=O. The summed E-state index contributed by atoms with van der Waals surface area (Å²) in [5.74, 6) is -0.926. The van der Waals surface area contributed by atoms with Crippen molar-refractivity contribution in [2.45, 2.75) is 26.9 Å². The average molecular weight is 284 g/mol. The Morgan fingerprint density at radius 3 is 2.15 bits per heavy atom. The van der Waals surface area contributed by atoms with Gasteiger partial charge in [0.1, 0.15) is 13.2 Å². The Kier molecular flexibility index (Phi) is 5.70. The van der Waals surface area contributed by atoms with Gasteiger partial charge < -0.3 is 9.47 Å². The Balaban J connectivity index is 2.79. The van der Waals surface area contributed by atoms with E-state index in [1.165, 1.54) is 30.7 Å². The number of aromatic nitrogens is 2. The first-order valence-corrected chi connectivity index (χ1v) is 5.99. The molecule has 0 atom stereocenters. The highest BCUT2D eigenvalue weighted by Crippen LogP contribution is 1.85. The monoisotopic (exact) mass is 284 g/mol. The molecule has 0 unspecified atom stereocenters. The highest BCUT2D eigenvalue weighted by molar-refractivity contribution is 5.66. The van der Waals surface area contributed by atoms with Crippen LogP contribution in [0.4, 0.5) is 0 Å². The zero-order valence-electron chi connectivity index (χ0n) is 11.3. The molecule has 0 saturated heterocycles. The van der Waals surface area contributed by atoms with Crippen molar-refractivity contribution < 1.29 is 19.1 Å². The Morgan fingerprint density at radius 2 is 1.60 bits per heavy atom. The van der Waals surface area contributed by atoms with E-state index in [0.717, 1.165) is 4.57 Å². The maximum atomic E-state index is 12.0. The molecular formula is C12H16N2O6. The van der Waals surface area contributed by atoms with Crippen molar-refractivity contribution in [1.29, 1.82) is 0 Å². The Hall–Kier alpha value is -2.38. The lowest BCUT2D eigenvalue weighted by molar-refractivity contribution is -0.142. The second kappa shape index (κ2) is 7.27. The van der Waals surface area contributed by atoms with Crippen LogP contribution < -0.4 is 11.2 Å². The highest BCUT2D eigenvalue weighted by Gasteiger charge is 2.06. The van der Waals surface area contributed by atoms with Gasteiger partial charge in [0.25, 0.3) is 5.56 Å². The van der Waals surface area contributed by atoms with E-state index in [0.29, 0.717) is 0 Å². The zero-order chi connectivity index (χ0) is 15.1. The molecule has 0 bridgehead atoms. The lowest BCUT2D eigenvalue weighted by Gasteiger charge is -2.09. The first-order chi connectivity index (χ1) is 9.41. The second-order valence-corrected chi connectivity index (χ2v) is 3.96. The summed E-state index contributed by atoms with van der Waals surface area (Å²) in [6.45, 7) is 2.61. The quantitative estimate of drug-likeness (QED) is 0.630. The summed E-state index contributed by atoms with van der Waals surface area (Å²) >= 11 is 0. The lowest BCUT2D eigenvalue weighted by Crippen LogP contribution is -2.40. The van der Waals surface area contributed by atoms with Gasteiger partial charge in [0.15, 0.2) is 0 Å². The molecule has 0 radical (unpaired) electrons. The third-order valence-electron chi connectivity index (χ3n) is 2.40. The van der Waals surface area contributed by atoms with Gasteiger partial charge in [-0.15, -0.1) is 0 Å². The number of rotatable bonds is 6. The molecule has 1 aromatic rings. The third kappa shape index (κ3) is 4.71. The van der Waals surface area contributed by atoms with E-state index >= 15 is 0 Å². The van der Waals surface area contributed by atoms with Crippen molar-refractivity contribution in [2.24, 2.45) is 0 Å². The fraction of sp³-hybridized carbons (Fsp3) is 0.500. The Labute approximate surface area is 114 Å². The van der Waals surface area contributed by atoms with Gasteiger partial charge in [-0.1, -0.05) is 0 Å². The van der Waals surface area contributed by atoms with Gasteiger partial charge >= 0.3 is 17.6 Å². The van der Waals surface area contributed by atoms with Crippen molar-refractivity contribution in [2.75, 3.05) is 13.2 Å². The largest absolute Gasteiger partial charge is 0.464 e. The van der Waals surface area contributed by atoms with Gasteiger partial charge in [0.2, 0.25) is 0 Å². The van der Waals surface area contributed by atoms with Crippen molar-refractivity contribution in [3.05, 3.63) is 33.1 Å². The minimum atomic E-state index is -0.545. The molecule has 0 N–H and O–H groups in total. The number of esters is 2. The van der Waals surface area contributed by atoms with Crippen LogP contribution in [0.3, 0.4) is 0 Å². The molecule has 0 aliphatic heterocycles. The molecule has 0 aliphatic carbocycles. The minimum Gasteiger partial charge on any atom is -0.464 e. The van der Waals surface area contributed by atoms with E-state index in [4.69, 9.17) is 9.47 Å². The summed E-state index contributed by atoms with van der Waals surface area (Å²) in [6, 6.07) is 1.23. The normalized spacial score (nSPS) is 10.1. The molecule has 1 rings (SSSR count). The number of nitrogens with zero attached hydrogens (tertiary/aromatic N) is 2. The van der Waals surface area contributed by atoms with Crippen molar-refractivity contribution in [3.63, 3.8) is 0 Å². The summed E-state index contributed by atoms with van der Waals surface area (Å²) < 4.78 is 11.6. The van der Waals surface area contributed by atoms with Crippen LogP contribution in [-0.4, -0.2) is 34.3 Å². The van der Waals surface area contributed by atoms with Gasteiger partial charge in [0.05, 0.1) is 13.1 Å². The minimum absolute atomic E-state index is 0.0222. The molecule has 20 heavy (non-hydrogen) atoms.